The Bertz CT molecular complexity index is 285. The summed E-state index contributed by atoms with van der Waals surface area (Å²) in [6, 6.07) is 0. The number of carboxylic acid groups (broad SMARTS) is 1. The maximum Gasteiger partial charge on any atom is 0.305 e. The van der Waals surface area contributed by atoms with Crippen molar-refractivity contribution in [3.63, 3.8) is 0 Å². The SMILES string of the molecule is CC(C)(C)N(CCC(=O)O)C(=O)CCCCCCN. The zero-order valence-corrected chi connectivity index (χ0v) is 12.4. The summed E-state index contributed by atoms with van der Waals surface area (Å²) < 4.78 is 0. The summed E-state index contributed by atoms with van der Waals surface area (Å²) in [4.78, 5) is 24.4. The molecule has 0 radical (unpaired) electrons. The molecule has 0 aliphatic carbocycles. The number of hydrogen-bond donors (Lipinski definition) is 2. The molecule has 0 fully saturated rings. The lowest BCUT2D eigenvalue weighted by molar-refractivity contribution is -0.140. The van der Waals surface area contributed by atoms with E-state index in [2.05, 4.69) is 0 Å². The Morgan fingerprint density at radius 2 is 1.63 bits per heavy atom. The van der Waals surface area contributed by atoms with Gasteiger partial charge in [0.05, 0.1) is 6.42 Å². The minimum absolute atomic E-state index is 0.00379. The minimum Gasteiger partial charge on any atom is -0.481 e. The van der Waals surface area contributed by atoms with Crippen molar-refractivity contribution in [3.05, 3.63) is 0 Å². The Kier molecular flexibility index (Phi) is 8.39. The number of aliphatic carboxylic acids is 1. The molecular weight excluding hydrogens is 244 g/mol. The second-order valence-corrected chi connectivity index (χ2v) is 5.81. The topological polar surface area (TPSA) is 83.6 Å². The molecule has 0 aromatic carbocycles. The quantitative estimate of drug-likeness (QED) is 0.629. The van der Waals surface area contributed by atoms with E-state index in [1.165, 1.54) is 0 Å². The summed E-state index contributed by atoms with van der Waals surface area (Å²) in [7, 11) is 0. The Balaban J connectivity index is 4.20. The minimum atomic E-state index is -0.870. The number of amides is 1. The second-order valence-electron chi connectivity index (χ2n) is 5.81. The van der Waals surface area contributed by atoms with Crippen molar-refractivity contribution < 1.29 is 14.7 Å². The summed E-state index contributed by atoms with van der Waals surface area (Å²) in [5, 5.41) is 8.73. The van der Waals surface area contributed by atoms with E-state index in [0.717, 1.165) is 25.7 Å². The van der Waals surface area contributed by atoms with Gasteiger partial charge in [0.15, 0.2) is 0 Å². The second kappa shape index (κ2) is 8.91. The van der Waals surface area contributed by atoms with E-state index < -0.39 is 5.97 Å². The molecule has 0 heterocycles. The van der Waals surface area contributed by atoms with Gasteiger partial charge in [-0.05, 0) is 40.2 Å². The van der Waals surface area contributed by atoms with Crippen LogP contribution in [0.25, 0.3) is 0 Å². The molecule has 19 heavy (non-hydrogen) atoms. The number of carbonyl (C=O) groups excluding carboxylic acids is 1. The number of carboxylic acids is 1. The molecule has 0 atom stereocenters. The largest absolute Gasteiger partial charge is 0.481 e. The van der Waals surface area contributed by atoms with Crippen LogP contribution in [0.4, 0.5) is 0 Å². The maximum atomic E-state index is 12.1. The lowest BCUT2D eigenvalue weighted by Gasteiger charge is -2.35. The van der Waals surface area contributed by atoms with Gasteiger partial charge >= 0.3 is 5.97 Å². The monoisotopic (exact) mass is 272 g/mol. The van der Waals surface area contributed by atoms with Crippen LogP contribution in [0, 0.1) is 0 Å². The maximum absolute atomic E-state index is 12.1. The molecule has 0 aliphatic heterocycles. The molecular formula is C14H28N2O3. The normalized spacial score (nSPS) is 11.4. The van der Waals surface area contributed by atoms with E-state index in [9.17, 15) is 9.59 Å². The summed E-state index contributed by atoms with van der Waals surface area (Å²) in [6.45, 7) is 6.77. The average Bonchev–Trinajstić information content (AvgIpc) is 2.26. The highest BCUT2D eigenvalue weighted by Gasteiger charge is 2.26. The fraction of sp³-hybridized carbons (Fsp3) is 0.857. The molecule has 112 valence electrons. The molecule has 0 rings (SSSR count). The van der Waals surface area contributed by atoms with Gasteiger partial charge in [-0.2, -0.15) is 0 Å². The van der Waals surface area contributed by atoms with Crippen LogP contribution in [-0.2, 0) is 9.59 Å². The standard InChI is InChI=1S/C14H28N2O3/c1-14(2,3)16(11-9-13(18)19)12(17)8-6-4-5-7-10-15/h4-11,15H2,1-3H3,(H,18,19). The summed E-state index contributed by atoms with van der Waals surface area (Å²) in [5.41, 5.74) is 5.08. The predicted octanol–water partition coefficient (Wildman–Crippen LogP) is 2.00. The zero-order valence-electron chi connectivity index (χ0n) is 12.4. The number of nitrogens with two attached hydrogens (primary N) is 1. The number of nitrogens with zero attached hydrogens (tertiary/aromatic N) is 1. The summed E-state index contributed by atoms with van der Waals surface area (Å²) in [6.07, 6.45) is 4.38. The average molecular weight is 272 g/mol. The van der Waals surface area contributed by atoms with Gasteiger partial charge in [0.1, 0.15) is 0 Å². The van der Waals surface area contributed by atoms with Gasteiger partial charge in [-0.25, -0.2) is 0 Å². The Hall–Kier alpha value is -1.10. The van der Waals surface area contributed by atoms with Crippen molar-refractivity contribution in [2.45, 2.75) is 64.8 Å². The van der Waals surface area contributed by atoms with Gasteiger partial charge in [-0.3, -0.25) is 9.59 Å². The third kappa shape index (κ3) is 8.59. The first kappa shape index (κ1) is 17.9. The van der Waals surface area contributed by atoms with Crippen molar-refractivity contribution in [3.8, 4) is 0 Å². The molecule has 0 aliphatic rings. The van der Waals surface area contributed by atoms with Crippen molar-refractivity contribution in [2.75, 3.05) is 13.1 Å². The van der Waals surface area contributed by atoms with Gasteiger partial charge in [-0.1, -0.05) is 12.8 Å². The highest BCUT2D eigenvalue weighted by atomic mass is 16.4. The van der Waals surface area contributed by atoms with E-state index in [-0.39, 0.29) is 24.4 Å². The van der Waals surface area contributed by atoms with Gasteiger partial charge in [0, 0.05) is 18.5 Å². The highest BCUT2D eigenvalue weighted by Crippen LogP contribution is 2.16. The molecule has 5 nitrogen and oxygen atoms in total. The van der Waals surface area contributed by atoms with E-state index >= 15 is 0 Å². The van der Waals surface area contributed by atoms with Crippen LogP contribution in [0.15, 0.2) is 0 Å². The molecule has 0 spiro atoms. The van der Waals surface area contributed by atoms with Gasteiger partial charge in [0.25, 0.3) is 0 Å². The van der Waals surface area contributed by atoms with Gasteiger partial charge in [0.2, 0.25) is 5.91 Å². The lowest BCUT2D eigenvalue weighted by Crippen LogP contribution is -2.46. The smallest absolute Gasteiger partial charge is 0.305 e. The van der Waals surface area contributed by atoms with Crippen molar-refractivity contribution in [1.29, 1.82) is 0 Å². The van der Waals surface area contributed by atoms with E-state index in [0.29, 0.717) is 13.0 Å². The summed E-state index contributed by atoms with van der Waals surface area (Å²) >= 11 is 0. The molecule has 0 saturated carbocycles. The molecule has 0 unspecified atom stereocenters. The van der Waals surface area contributed by atoms with Crippen molar-refractivity contribution in [1.82, 2.24) is 4.90 Å². The molecule has 0 saturated heterocycles. The molecule has 0 aromatic heterocycles. The van der Waals surface area contributed by atoms with Gasteiger partial charge in [-0.15, -0.1) is 0 Å². The zero-order chi connectivity index (χ0) is 14.9. The fourth-order valence-corrected chi connectivity index (χ4v) is 1.95. The van der Waals surface area contributed by atoms with Crippen LogP contribution in [0.5, 0.6) is 0 Å². The van der Waals surface area contributed by atoms with E-state index in [4.69, 9.17) is 10.8 Å². The van der Waals surface area contributed by atoms with Crippen molar-refractivity contribution >= 4 is 11.9 Å². The number of carbonyl (C=O) groups is 2. The first-order valence-electron chi connectivity index (χ1n) is 7.01. The van der Waals surface area contributed by atoms with E-state index in [1.54, 1.807) is 4.90 Å². The van der Waals surface area contributed by atoms with Crippen LogP contribution >= 0.6 is 0 Å². The summed E-state index contributed by atoms with van der Waals surface area (Å²) in [5.74, 6) is -0.827. The highest BCUT2D eigenvalue weighted by molar-refractivity contribution is 5.77. The Morgan fingerprint density at radius 3 is 2.11 bits per heavy atom. The number of hydrogen-bond acceptors (Lipinski definition) is 3. The van der Waals surface area contributed by atoms with Crippen LogP contribution in [0.2, 0.25) is 0 Å². The van der Waals surface area contributed by atoms with Gasteiger partial charge < -0.3 is 15.7 Å². The van der Waals surface area contributed by atoms with Crippen LogP contribution in [0.1, 0.15) is 59.3 Å². The van der Waals surface area contributed by atoms with Crippen LogP contribution < -0.4 is 5.73 Å². The molecule has 0 aromatic rings. The fourth-order valence-electron chi connectivity index (χ4n) is 1.95. The van der Waals surface area contributed by atoms with Crippen molar-refractivity contribution in [2.24, 2.45) is 5.73 Å². The molecule has 5 heteroatoms. The third-order valence-corrected chi connectivity index (χ3v) is 3.00. The lowest BCUT2D eigenvalue weighted by atomic mass is 10.0. The molecule has 3 N–H and O–H groups in total. The number of unbranched alkanes of at least 4 members (excludes halogenated alkanes) is 3. The predicted molar refractivity (Wildman–Crippen MR) is 75.9 cm³/mol. The van der Waals surface area contributed by atoms with Crippen LogP contribution in [-0.4, -0.2) is 40.5 Å². The first-order chi connectivity index (χ1) is 8.79. The van der Waals surface area contributed by atoms with E-state index in [1.807, 2.05) is 20.8 Å². The van der Waals surface area contributed by atoms with Crippen LogP contribution in [0.3, 0.4) is 0 Å². The Labute approximate surface area is 116 Å². The first-order valence-corrected chi connectivity index (χ1v) is 7.01. The number of rotatable bonds is 9. The molecule has 0 bridgehead atoms. The molecule has 1 amide bonds. The Morgan fingerprint density at radius 1 is 1.05 bits per heavy atom. The third-order valence-electron chi connectivity index (χ3n) is 3.00.